The standard InChI is InChI=1S/C19H18N4O2S2/c1-12-8-17-21-22-19(23(17)16-9-13(25-2)5-6-15(12)16)27-11-18(24)20-10-14-4-3-7-26-14/h3-9H,10-11H2,1-2H3,(H,20,24). The molecule has 0 saturated heterocycles. The predicted octanol–water partition coefficient (Wildman–Crippen LogP) is 3.67. The Morgan fingerprint density at radius 3 is 2.96 bits per heavy atom. The van der Waals surface area contributed by atoms with Crippen LogP contribution in [0.1, 0.15) is 10.4 Å². The third kappa shape index (κ3) is 3.63. The minimum atomic E-state index is -0.0286. The Hall–Kier alpha value is -2.58. The number of carbonyl (C=O) groups excluding carboxylic acids is 1. The van der Waals surface area contributed by atoms with Crippen LogP contribution in [0, 0.1) is 6.92 Å². The average molecular weight is 399 g/mol. The number of nitrogens with one attached hydrogen (secondary N) is 1. The van der Waals surface area contributed by atoms with E-state index in [1.54, 1.807) is 18.4 Å². The fraction of sp³-hybridized carbons (Fsp3) is 0.211. The summed E-state index contributed by atoms with van der Waals surface area (Å²) in [5.74, 6) is 1.03. The molecule has 6 nitrogen and oxygen atoms in total. The van der Waals surface area contributed by atoms with Crippen LogP contribution in [0.15, 0.2) is 46.9 Å². The Morgan fingerprint density at radius 1 is 1.30 bits per heavy atom. The zero-order valence-electron chi connectivity index (χ0n) is 14.9. The summed E-state index contributed by atoms with van der Waals surface area (Å²) in [6, 6.07) is 11.9. The van der Waals surface area contributed by atoms with E-state index in [0.717, 1.165) is 32.7 Å². The summed E-state index contributed by atoms with van der Waals surface area (Å²) in [7, 11) is 1.65. The fourth-order valence-corrected chi connectivity index (χ4v) is 4.33. The molecule has 0 saturated carbocycles. The number of hydrogen-bond donors (Lipinski definition) is 1. The second-order valence-electron chi connectivity index (χ2n) is 6.03. The number of pyridine rings is 1. The molecule has 138 valence electrons. The van der Waals surface area contributed by atoms with Crippen LogP contribution >= 0.6 is 23.1 Å². The van der Waals surface area contributed by atoms with Gasteiger partial charge in [0.05, 0.1) is 24.9 Å². The van der Waals surface area contributed by atoms with Crippen molar-refractivity contribution in [3.8, 4) is 5.75 Å². The van der Waals surface area contributed by atoms with Crippen LogP contribution in [0.2, 0.25) is 0 Å². The molecule has 0 aliphatic heterocycles. The van der Waals surface area contributed by atoms with Crippen molar-refractivity contribution in [3.63, 3.8) is 0 Å². The molecule has 3 heterocycles. The van der Waals surface area contributed by atoms with Gasteiger partial charge in [-0.25, -0.2) is 0 Å². The van der Waals surface area contributed by atoms with E-state index in [1.165, 1.54) is 11.8 Å². The number of benzene rings is 1. The van der Waals surface area contributed by atoms with E-state index >= 15 is 0 Å². The lowest BCUT2D eigenvalue weighted by molar-refractivity contribution is -0.118. The lowest BCUT2D eigenvalue weighted by Crippen LogP contribution is -2.24. The minimum Gasteiger partial charge on any atom is -0.497 e. The molecule has 0 unspecified atom stereocenters. The van der Waals surface area contributed by atoms with Crippen LogP contribution in [0.25, 0.3) is 16.6 Å². The molecular formula is C19H18N4O2S2. The molecule has 27 heavy (non-hydrogen) atoms. The summed E-state index contributed by atoms with van der Waals surface area (Å²) >= 11 is 3.00. The van der Waals surface area contributed by atoms with Gasteiger partial charge in [-0.3, -0.25) is 9.20 Å². The molecule has 3 aromatic heterocycles. The lowest BCUT2D eigenvalue weighted by Gasteiger charge is -2.09. The van der Waals surface area contributed by atoms with E-state index in [2.05, 4.69) is 15.5 Å². The highest BCUT2D eigenvalue weighted by Crippen LogP contribution is 2.28. The third-order valence-corrected chi connectivity index (χ3v) is 6.05. The number of fused-ring (bicyclic) bond motifs is 3. The Kier molecular flexibility index (Phi) is 5.00. The molecule has 0 spiro atoms. The van der Waals surface area contributed by atoms with E-state index in [-0.39, 0.29) is 11.7 Å². The van der Waals surface area contributed by atoms with Gasteiger partial charge in [0, 0.05) is 16.3 Å². The summed E-state index contributed by atoms with van der Waals surface area (Å²) < 4.78 is 7.34. The van der Waals surface area contributed by atoms with Crippen molar-refractivity contribution in [3.05, 3.63) is 52.2 Å². The maximum Gasteiger partial charge on any atom is 0.230 e. The Bertz CT molecular complexity index is 1110. The zero-order chi connectivity index (χ0) is 18.8. The van der Waals surface area contributed by atoms with Gasteiger partial charge in [-0.15, -0.1) is 21.5 Å². The van der Waals surface area contributed by atoms with Crippen LogP contribution in [0.4, 0.5) is 0 Å². The van der Waals surface area contributed by atoms with Crippen LogP contribution in [-0.2, 0) is 11.3 Å². The number of hydrogen-bond acceptors (Lipinski definition) is 6. The Labute approximate surface area is 164 Å². The average Bonchev–Trinajstić information content (AvgIpc) is 3.34. The van der Waals surface area contributed by atoms with Gasteiger partial charge in [-0.1, -0.05) is 17.8 Å². The van der Waals surface area contributed by atoms with Gasteiger partial charge >= 0.3 is 0 Å². The van der Waals surface area contributed by atoms with Gasteiger partial charge in [0.15, 0.2) is 10.8 Å². The summed E-state index contributed by atoms with van der Waals surface area (Å²) in [6.07, 6.45) is 0. The van der Waals surface area contributed by atoms with Gasteiger partial charge < -0.3 is 10.1 Å². The molecule has 0 fully saturated rings. The third-order valence-electron chi connectivity index (χ3n) is 4.25. The van der Waals surface area contributed by atoms with Gasteiger partial charge in [-0.05, 0) is 42.1 Å². The second-order valence-corrected chi connectivity index (χ2v) is 8.01. The number of aromatic nitrogens is 3. The number of thioether (sulfide) groups is 1. The van der Waals surface area contributed by atoms with Crippen molar-refractivity contribution in [2.75, 3.05) is 12.9 Å². The van der Waals surface area contributed by atoms with E-state index in [0.29, 0.717) is 11.7 Å². The first-order valence-corrected chi connectivity index (χ1v) is 10.3. The number of thiophene rings is 1. The maximum absolute atomic E-state index is 12.2. The molecule has 1 aromatic carbocycles. The molecule has 4 aromatic rings. The molecule has 0 aliphatic carbocycles. The van der Waals surface area contributed by atoms with Gasteiger partial charge in [-0.2, -0.15) is 0 Å². The summed E-state index contributed by atoms with van der Waals surface area (Å²) in [6.45, 7) is 2.60. The van der Waals surface area contributed by atoms with Gasteiger partial charge in [0.2, 0.25) is 5.91 Å². The zero-order valence-corrected chi connectivity index (χ0v) is 16.6. The van der Waals surface area contributed by atoms with E-state index in [1.807, 2.05) is 53.1 Å². The van der Waals surface area contributed by atoms with Crippen molar-refractivity contribution in [2.45, 2.75) is 18.6 Å². The van der Waals surface area contributed by atoms with Crippen LogP contribution in [0.5, 0.6) is 5.75 Å². The summed E-state index contributed by atoms with van der Waals surface area (Å²) in [4.78, 5) is 13.3. The number of amides is 1. The van der Waals surface area contributed by atoms with E-state index in [9.17, 15) is 4.79 Å². The van der Waals surface area contributed by atoms with Gasteiger partial charge in [0.1, 0.15) is 5.75 Å². The first-order valence-electron chi connectivity index (χ1n) is 8.40. The summed E-state index contributed by atoms with van der Waals surface area (Å²) in [5, 5.41) is 15.3. The predicted molar refractivity (Wildman–Crippen MR) is 109 cm³/mol. The highest BCUT2D eigenvalue weighted by Gasteiger charge is 2.14. The SMILES string of the molecule is COc1ccc2c(C)cc3nnc(SCC(=O)NCc4cccs4)n3c2c1. The number of methoxy groups -OCH3 is 1. The number of carbonyl (C=O) groups is 1. The highest BCUT2D eigenvalue weighted by atomic mass is 32.2. The number of nitrogens with zero attached hydrogens (tertiary/aromatic N) is 3. The van der Waals surface area contributed by atoms with Gasteiger partial charge in [0.25, 0.3) is 0 Å². The van der Waals surface area contributed by atoms with Crippen LogP contribution in [0.3, 0.4) is 0 Å². The van der Waals surface area contributed by atoms with Crippen molar-refractivity contribution in [1.82, 2.24) is 19.9 Å². The molecule has 0 bridgehead atoms. The normalized spacial score (nSPS) is 11.2. The number of rotatable bonds is 6. The Morgan fingerprint density at radius 2 is 2.19 bits per heavy atom. The second kappa shape index (κ2) is 7.58. The fourth-order valence-electron chi connectivity index (χ4n) is 2.90. The monoisotopic (exact) mass is 398 g/mol. The molecule has 0 radical (unpaired) electrons. The van der Waals surface area contributed by atoms with Crippen molar-refractivity contribution < 1.29 is 9.53 Å². The van der Waals surface area contributed by atoms with Crippen molar-refractivity contribution in [2.24, 2.45) is 0 Å². The largest absolute Gasteiger partial charge is 0.497 e. The first-order chi connectivity index (χ1) is 13.2. The smallest absolute Gasteiger partial charge is 0.230 e. The molecular weight excluding hydrogens is 380 g/mol. The van der Waals surface area contributed by atoms with Crippen LogP contribution < -0.4 is 10.1 Å². The Balaban J connectivity index is 1.58. The number of ether oxygens (including phenoxy) is 1. The highest BCUT2D eigenvalue weighted by molar-refractivity contribution is 7.99. The molecule has 1 N–H and O–H groups in total. The quantitative estimate of drug-likeness (QED) is 0.502. The first kappa shape index (κ1) is 17.8. The molecule has 1 amide bonds. The minimum absolute atomic E-state index is 0.0286. The lowest BCUT2D eigenvalue weighted by atomic mass is 10.1. The summed E-state index contributed by atoms with van der Waals surface area (Å²) in [5.41, 5.74) is 2.85. The van der Waals surface area contributed by atoms with Crippen molar-refractivity contribution in [1.29, 1.82) is 0 Å². The number of aryl methyl sites for hydroxylation is 1. The van der Waals surface area contributed by atoms with Crippen molar-refractivity contribution >= 4 is 45.6 Å². The topological polar surface area (TPSA) is 68.5 Å². The molecule has 8 heteroatoms. The molecule has 0 aliphatic rings. The van der Waals surface area contributed by atoms with Crippen LogP contribution in [-0.4, -0.2) is 33.4 Å². The van der Waals surface area contributed by atoms with E-state index in [4.69, 9.17) is 4.74 Å². The van der Waals surface area contributed by atoms with E-state index < -0.39 is 0 Å². The maximum atomic E-state index is 12.2. The molecule has 4 rings (SSSR count). The molecule has 0 atom stereocenters.